The molecular formula is C20H19N3O2S. The van der Waals surface area contributed by atoms with E-state index in [-0.39, 0.29) is 18.1 Å². The number of carbonyl (C=O) groups excluding carboxylic acids is 2. The Morgan fingerprint density at radius 3 is 2.73 bits per heavy atom. The summed E-state index contributed by atoms with van der Waals surface area (Å²) in [4.78, 5) is 26.0. The van der Waals surface area contributed by atoms with E-state index in [4.69, 9.17) is 0 Å². The molecule has 0 radical (unpaired) electrons. The lowest BCUT2D eigenvalue weighted by atomic mass is 9.87. The average molecular weight is 365 g/mol. The van der Waals surface area contributed by atoms with Crippen molar-refractivity contribution in [2.75, 3.05) is 5.32 Å². The first kappa shape index (κ1) is 16.7. The summed E-state index contributed by atoms with van der Waals surface area (Å²) in [5.41, 5.74) is 4.82. The van der Waals surface area contributed by atoms with Crippen LogP contribution in [0.3, 0.4) is 0 Å². The van der Waals surface area contributed by atoms with Gasteiger partial charge in [-0.1, -0.05) is 12.1 Å². The summed E-state index contributed by atoms with van der Waals surface area (Å²) in [6.45, 7) is 5.99. The second kappa shape index (κ2) is 6.21. The van der Waals surface area contributed by atoms with Crippen molar-refractivity contribution >= 4 is 28.8 Å². The van der Waals surface area contributed by atoms with Gasteiger partial charge in [0.25, 0.3) is 0 Å². The minimum Gasteiger partial charge on any atom is -0.310 e. The van der Waals surface area contributed by atoms with Gasteiger partial charge >= 0.3 is 0 Å². The number of nitrogens with zero attached hydrogens (tertiary/aromatic N) is 2. The molecule has 0 saturated heterocycles. The van der Waals surface area contributed by atoms with E-state index in [0.717, 1.165) is 22.5 Å². The van der Waals surface area contributed by atoms with E-state index in [0.29, 0.717) is 10.7 Å². The summed E-state index contributed by atoms with van der Waals surface area (Å²) in [5.74, 6) is -0.0502. The van der Waals surface area contributed by atoms with Crippen LogP contribution in [-0.2, 0) is 4.79 Å². The predicted octanol–water partition coefficient (Wildman–Crippen LogP) is 4.17. The molecule has 0 fully saturated rings. The number of carbonyl (C=O) groups is 2. The number of benzene rings is 1. The highest BCUT2D eigenvalue weighted by Gasteiger charge is 2.36. The summed E-state index contributed by atoms with van der Waals surface area (Å²) in [7, 11) is 0. The van der Waals surface area contributed by atoms with Crippen molar-refractivity contribution in [3.8, 4) is 5.69 Å². The fourth-order valence-corrected chi connectivity index (χ4v) is 4.13. The van der Waals surface area contributed by atoms with Crippen LogP contribution in [-0.4, -0.2) is 21.5 Å². The number of nitrogens with one attached hydrogen (secondary N) is 1. The van der Waals surface area contributed by atoms with Crippen LogP contribution in [0, 0.1) is 20.8 Å². The molecule has 1 aliphatic rings. The molecule has 2 aromatic heterocycles. The molecule has 0 saturated carbocycles. The van der Waals surface area contributed by atoms with E-state index in [2.05, 4.69) is 17.3 Å². The molecule has 0 bridgehead atoms. The van der Waals surface area contributed by atoms with Gasteiger partial charge in [-0.2, -0.15) is 5.10 Å². The summed E-state index contributed by atoms with van der Waals surface area (Å²) < 4.78 is 1.74. The lowest BCUT2D eigenvalue weighted by molar-refractivity contribution is -0.116. The third-order valence-electron chi connectivity index (χ3n) is 4.92. The SMILES string of the molecule is Cc1ccc(-n2nc(C)c3c2NC(=O)C[C@@H]3C(=O)c2cccs2)cc1C. The summed E-state index contributed by atoms with van der Waals surface area (Å²) in [5, 5.41) is 9.44. The van der Waals surface area contributed by atoms with Gasteiger partial charge < -0.3 is 5.32 Å². The van der Waals surface area contributed by atoms with Crippen LogP contribution in [0.15, 0.2) is 35.7 Å². The normalized spacial score (nSPS) is 16.3. The Morgan fingerprint density at radius 1 is 1.23 bits per heavy atom. The van der Waals surface area contributed by atoms with E-state index in [1.807, 2.05) is 49.6 Å². The maximum absolute atomic E-state index is 13.0. The van der Waals surface area contributed by atoms with Gasteiger partial charge in [0, 0.05) is 12.0 Å². The number of Topliss-reactive ketones (excluding diaryl/α,β-unsaturated/α-hetero) is 1. The van der Waals surface area contributed by atoms with Crippen molar-refractivity contribution in [3.63, 3.8) is 0 Å². The van der Waals surface area contributed by atoms with Gasteiger partial charge in [0.05, 0.1) is 22.2 Å². The molecule has 6 heteroatoms. The number of anilines is 1. The number of ketones is 1. The number of aryl methyl sites for hydroxylation is 3. The first-order chi connectivity index (χ1) is 12.5. The van der Waals surface area contributed by atoms with Crippen molar-refractivity contribution < 1.29 is 9.59 Å². The molecule has 1 aromatic carbocycles. The standard InChI is InChI=1S/C20H19N3O2S/c1-11-6-7-14(9-12(11)2)23-20-18(13(3)22-23)15(10-17(24)21-20)19(25)16-5-4-8-26-16/h4-9,15H,10H2,1-3H3,(H,21,24)/t15-/m0/s1. The van der Waals surface area contributed by atoms with Crippen LogP contribution in [0.2, 0.25) is 0 Å². The zero-order valence-electron chi connectivity index (χ0n) is 14.9. The van der Waals surface area contributed by atoms with E-state index in [1.165, 1.54) is 16.9 Å². The third-order valence-corrected chi connectivity index (χ3v) is 5.80. The van der Waals surface area contributed by atoms with Crippen LogP contribution in [0.25, 0.3) is 5.69 Å². The van der Waals surface area contributed by atoms with Gasteiger partial charge in [-0.05, 0) is 55.5 Å². The third kappa shape index (κ3) is 2.66. The summed E-state index contributed by atoms with van der Waals surface area (Å²) in [6.07, 6.45) is 0.156. The molecule has 26 heavy (non-hydrogen) atoms. The molecular weight excluding hydrogens is 346 g/mol. The molecule has 0 unspecified atom stereocenters. The molecule has 0 spiro atoms. The fraction of sp³-hybridized carbons (Fsp3) is 0.250. The summed E-state index contributed by atoms with van der Waals surface area (Å²) >= 11 is 1.40. The van der Waals surface area contributed by atoms with E-state index in [9.17, 15) is 9.59 Å². The van der Waals surface area contributed by atoms with Gasteiger partial charge in [0.1, 0.15) is 5.82 Å². The Kier molecular flexibility index (Phi) is 4.00. The van der Waals surface area contributed by atoms with E-state index >= 15 is 0 Å². The second-order valence-corrected chi connectivity index (χ2v) is 7.62. The van der Waals surface area contributed by atoms with E-state index < -0.39 is 5.92 Å². The number of hydrogen-bond acceptors (Lipinski definition) is 4. The van der Waals surface area contributed by atoms with Crippen LogP contribution >= 0.6 is 11.3 Å². The van der Waals surface area contributed by atoms with Gasteiger partial charge in [0.15, 0.2) is 5.78 Å². The number of fused-ring (bicyclic) bond motifs is 1. The number of hydrogen-bond donors (Lipinski definition) is 1. The van der Waals surface area contributed by atoms with Gasteiger partial charge in [-0.25, -0.2) is 4.68 Å². The lowest BCUT2D eigenvalue weighted by Crippen LogP contribution is -2.28. The fourth-order valence-electron chi connectivity index (χ4n) is 3.41. The van der Waals surface area contributed by atoms with Gasteiger partial charge in [0.2, 0.25) is 5.91 Å². The minimum atomic E-state index is -0.488. The molecule has 132 valence electrons. The van der Waals surface area contributed by atoms with Crippen LogP contribution in [0.5, 0.6) is 0 Å². The van der Waals surface area contributed by atoms with Crippen LogP contribution in [0.1, 0.15) is 44.4 Å². The van der Waals surface area contributed by atoms with E-state index in [1.54, 1.807) is 4.68 Å². The number of amides is 1. The number of rotatable bonds is 3. The number of aromatic nitrogens is 2. The van der Waals surface area contributed by atoms with Crippen molar-refractivity contribution in [1.29, 1.82) is 0 Å². The molecule has 3 heterocycles. The largest absolute Gasteiger partial charge is 0.310 e. The van der Waals surface area contributed by atoms with Crippen LogP contribution < -0.4 is 5.32 Å². The Labute approximate surface area is 155 Å². The highest BCUT2D eigenvalue weighted by molar-refractivity contribution is 7.12. The van der Waals surface area contributed by atoms with Crippen molar-refractivity contribution in [2.45, 2.75) is 33.1 Å². The maximum Gasteiger partial charge on any atom is 0.226 e. The topological polar surface area (TPSA) is 64.0 Å². The minimum absolute atomic E-state index is 0.0150. The highest BCUT2D eigenvalue weighted by Crippen LogP contribution is 2.38. The first-order valence-electron chi connectivity index (χ1n) is 8.50. The molecule has 1 atom stereocenters. The van der Waals surface area contributed by atoms with Crippen molar-refractivity contribution in [3.05, 3.63) is 63.0 Å². The molecule has 1 N–H and O–H groups in total. The van der Waals surface area contributed by atoms with Crippen molar-refractivity contribution in [1.82, 2.24) is 9.78 Å². The molecule has 5 nitrogen and oxygen atoms in total. The zero-order chi connectivity index (χ0) is 18.4. The Morgan fingerprint density at radius 2 is 2.04 bits per heavy atom. The molecule has 0 aliphatic carbocycles. The number of thiophene rings is 1. The van der Waals surface area contributed by atoms with Gasteiger partial charge in [-0.15, -0.1) is 11.3 Å². The van der Waals surface area contributed by atoms with Gasteiger partial charge in [-0.3, -0.25) is 9.59 Å². The molecule has 1 amide bonds. The quantitative estimate of drug-likeness (QED) is 0.709. The monoisotopic (exact) mass is 365 g/mol. The van der Waals surface area contributed by atoms with Crippen LogP contribution in [0.4, 0.5) is 5.82 Å². The Balaban J connectivity index is 1.84. The lowest BCUT2D eigenvalue weighted by Gasteiger charge is -2.22. The highest BCUT2D eigenvalue weighted by atomic mass is 32.1. The molecule has 4 rings (SSSR count). The Hall–Kier alpha value is -2.73. The van der Waals surface area contributed by atoms with Crippen molar-refractivity contribution in [2.24, 2.45) is 0 Å². The zero-order valence-corrected chi connectivity index (χ0v) is 15.7. The molecule has 1 aliphatic heterocycles. The Bertz CT molecular complexity index is 1020. The average Bonchev–Trinajstić information content (AvgIpc) is 3.25. The first-order valence-corrected chi connectivity index (χ1v) is 9.38. The molecule has 3 aromatic rings. The summed E-state index contributed by atoms with van der Waals surface area (Å²) in [6, 6.07) is 9.72. The maximum atomic E-state index is 13.0. The predicted molar refractivity (Wildman–Crippen MR) is 102 cm³/mol. The smallest absolute Gasteiger partial charge is 0.226 e. The second-order valence-electron chi connectivity index (χ2n) is 6.67.